The average Bonchev–Trinajstić information content (AvgIpc) is 2.97. The number of rotatable bonds is 5. The number of anilines is 3. The van der Waals surface area contributed by atoms with Crippen molar-refractivity contribution in [3.05, 3.63) is 17.7 Å². The molecule has 1 aliphatic heterocycles. The number of fused-ring (bicyclic) bond motifs is 1. The quantitative estimate of drug-likeness (QED) is 0.575. The molecule has 0 unspecified atom stereocenters. The van der Waals surface area contributed by atoms with Gasteiger partial charge in [-0.2, -0.15) is 0 Å². The summed E-state index contributed by atoms with van der Waals surface area (Å²) in [5.41, 5.74) is 9.65. The number of hydrogen-bond acceptors (Lipinski definition) is 4. The maximum Gasteiger partial charge on any atom is 0.224 e. The second-order valence-electron chi connectivity index (χ2n) is 5.85. The molecule has 1 saturated carbocycles. The number of hydrogen-bond donors (Lipinski definition) is 3. The first-order valence-corrected chi connectivity index (χ1v) is 7.80. The van der Waals surface area contributed by atoms with Crippen molar-refractivity contribution in [2.45, 2.75) is 44.6 Å². The van der Waals surface area contributed by atoms with Gasteiger partial charge in [-0.05, 0) is 37.0 Å². The van der Waals surface area contributed by atoms with E-state index >= 15 is 0 Å². The molecule has 0 bridgehead atoms. The van der Waals surface area contributed by atoms with Crippen LogP contribution in [-0.2, 0) is 16.0 Å². The lowest BCUT2D eigenvalue weighted by molar-refractivity contribution is -0.116. The summed E-state index contributed by atoms with van der Waals surface area (Å²) < 4.78 is 5.82. The standard InChI is InChI=1S/C16H23N3O2/c17-13-9-11-5-6-16(20)19-14(11)10-15(13)18-7-8-21-12-3-1-2-4-12/h9-10,12,18H,1-8,17H2,(H,19,20). The first-order valence-electron chi connectivity index (χ1n) is 7.80. The molecular weight excluding hydrogens is 266 g/mol. The van der Waals surface area contributed by atoms with Crippen molar-refractivity contribution < 1.29 is 9.53 Å². The van der Waals surface area contributed by atoms with Crippen LogP contribution in [0.4, 0.5) is 17.1 Å². The number of ether oxygens (including phenoxy) is 1. The van der Waals surface area contributed by atoms with Gasteiger partial charge in [0.05, 0.1) is 24.1 Å². The number of aryl methyl sites for hydroxylation is 1. The zero-order valence-electron chi connectivity index (χ0n) is 12.3. The Morgan fingerprint density at radius 2 is 2.10 bits per heavy atom. The van der Waals surface area contributed by atoms with E-state index in [0.717, 1.165) is 35.6 Å². The van der Waals surface area contributed by atoms with E-state index in [0.29, 0.717) is 19.1 Å². The van der Waals surface area contributed by atoms with E-state index in [1.807, 2.05) is 12.1 Å². The third-order valence-corrected chi connectivity index (χ3v) is 4.24. The summed E-state index contributed by atoms with van der Waals surface area (Å²) in [4.78, 5) is 11.4. The molecule has 0 spiro atoms. The van der Waals surface area contributed by atoms with Crippen molar-refractivity contribution >= 4 is 23.0 Å². The minimum atomic E-state index is 0.0720. The highest BCUT2D eigenvalue weighted by atomic mass is 16.5. The highest BCUT2D eigenvalue weighted by Crippen LogP contribution is 2.31. The number of nitrogen functional groups attached to an aromatic ring is 1. The summed E-state index contributed by atoms with van der Waals surface area (Å²) in [6, 6.07) is 3.88. The second kappa shape index (κ2) is 6.35. The van der Waals surface area contributed by atoms with E-state index in [1.54, 1.807) is 0 Å². The third kappa shape index (κ3) is 3.47. The Morgan fingerprint density at radius 1 is 1.29 bits per heavy atom. The molecule has 0 radical (unpaired) electrons. The van der Waals surface area contributed by atoms with Gasteiger partial charge in [-0.1, -0.05) is 12.8 Å². The predicted molar refractivity (Wildman–Crippen MR) is 84.5 cm³/mol. The molecule has 2 aliphatic rings. The van der Waals surface area contributed by atoms with E-state index in [9.17, 15) is 4.79 Å². The van der Waals surface area contributed by atoms with Gasteiger partial charge >= 0.3 is 0 Å². The van der Waals surface area contributed by atoms with Crippen LogP contribution in [-0.4, -0.2) is 25.2 Å². The Balaban J connectivity index is 1.55. The topological polar surface area (TPSA) is 76.4 Å². The Bertz CT molecular complexity index is 524. The van der Waals surface area contributed by atoms with Crippen molar-refractivity contribution in [1.29, 1.82) is 0 Å². The monoisotopic (exact) mass is 289 g/mol. The molecule has 1 fully saturated rings. The summed E-state index contributed by atoms with van der Waals surface area (Å²) >= 11 is 0. The SMILES string of the molecule is Nc1cc2c(cc1NCCOC1CCCC1)NC(=O)CC2. The number of benzene rings is 1. The fourth-order valence-corrected chi connectivity index (χ4v) is 3.07. The molecular formula is C16H23N3O2. The highest BCUT2D eigenvalue weighted by molar-refractivity contribution is 5.95. The first kappa shape index (κ1) is 14.2. The van der Waals surface area contributed by atoms with Crippen LogP contribution in [0.3, 0.4) is 0 Å². The smallest absolute Gasteiger partial charge is 0.224 e. The van der Waals surface area contributed by atoms with E-state index in [1.165, 1.54) is 25.7 Å². The van der Waals surface area contributed by atoms with Crippen molar-refractivity contribution in [3.63, 3.8) is 0 Å². The van der Waals surface area contributed by atoms with Crippen LogP contribution >= 0.6 is 0 Å². The summed E-state index contributed by atoms with van der Waals surface area (Å²) in [7, 11) is 0. The molecule has 1 heterocycles. The molecule has 1 amide bonds. The molecule has 21 heavy (non-hydrogen) atoms. The lowest BCUT2D eigenvalue weighted by Gasteiger charge is -2.20. The van der Waals surface area contributed by atoms with Gasteiger partial charge in [0.15, 0.2) is 0 Å². The Labute approximate surface area is 125 Å². The van der Waals surface area contributed by atoms with Crippen molar-refractivity contribution in [2.24, 2.45) is 0 Å². The van der Waals surface area contributed by atoms with E-state index in [4.69, 9.17) is 10.5 Å². The summed E-state index contributed by atoms with van der Waals surface area (Å²) in [5.74, 6) is 0.0720. The summed E-state index contributed by atoms with van der Waals surface area (Å²) in [6.45, 7) is 1.42. The zero-order chi connectivity index (χ0) is 14.7. The number of amides is 1. The van der Waals surface area contributed by atoms with Gasteiger partial charge in [0.25, 0.3) is 0 Å². The molecule has 0 atom stereocenters. The Kier molecular flexibility index (Phi) is 4.29. The summed E-state index contributed by atoms with van der Waals surface area (Å²) in [6.07, 6.45) is 6.68. The van der Waals surface area contributed by atoms with Crippen LogP contribution in [0.25, 0.3) is 0 Å². The second-order valence-corrected chi connectivity index (χ2v) is 5.85. The molecule has 1 aromatic carbocycles. The molecule has 0 aromatic heterocycles. The van der Waals surface area contributed by atoms with Crippen LogP contribution in [0.5, 0.6) is 0 Å². The number of carbonyl (C=O) groups excluding carboxylic acids is 1. The van der Waals surface area contributed by atoms with Crippen LogP contribution in [0.1, 0.15) is 37.7 Å². The Hall–Kier alpha value is -1.75. The van der Waals surface area contributed by atoms with Crippen molar-refractivity contribution in [1.82, 2.24) is 0 Å². The van der Waals surface area contributed by atoms with Crippen molar-refractivity contribution in [3.8, 4) is 0 Å². The number of carbonyl (C=O) groups is 1. The van der Waals surface area contributed by atoms with E-state index in [-0.39, 0.29) is 5.91 Å². The normalized spacial score (nSPS) is 18.4. The zero-order valence-corrected chi connectivity index (χ0v) is 12.3. The van der Waals surface area contributed by atoms with Crippen LogP contribution < -0.4 is 16.4 Å². The lowest BCUT2D eigenvalue weighted by Crippen LogP contribution is -2.20. The van der Waals surface area contributed by atoms with E-state index < -0.39 is 0 Å². The molecule has 5 nitrogen and oxygen atoms in total. The maximum absolute atomic E-state index is 11.4. The van der Waals surface area contributed by atoms with Gasteiger partial charge in [-0.25, -0.2) is 0 Å². The first-order chi connectivity index (χ1) is 10.2. The minimum absolute atomic E-state index is 0.0720. The molecule has 1 aliphatic carbocycles. The maximum atomic E-state index is 11.4. The molecule has 4 N–H and O–H groups in total. The largest absolute Gasteiger partial charge is 0.397 e. The Morgan fingerprint density at radius 3 is 2.90 bits per heavy atom. The molecule has 0 saturated heterocycles. The highest BCUT2D eigenvalue weighted by Gasteiger charge is 2.17. The molecule has 5 heteroatoms. The van der Waals surface area contributed by atoms with Crippen LogP contribution in [0.15, 0.2) is 12.1 Å². The third-order valence-electron chi connectivity index (χ3n) is 4.24. The number of nitrogens with two attached hydrogens (primary N) is 1. The average molecular weight is 289 g/mol. The van der Waals surface area contributed by atoms with Gasteiger partial charge in [0.2, 0.25) is 5.91 Å². The van der Waals surface area contributed by atoms with Crippen LogP contribution in [0, 0.1) is 0 Å². The van der Waals surface area contributed by atoms with Crippen LogP contribution in [0.2, 0.25) is 0 Å². The molecule has 3 rings (SSSR count). The van der Waals surface area contributed by atoms with Gasteiger partial charge in [0, 0.05) is 18.7 Å². The minimum Gasteiger partial charge on any atom is -0.397 e. The molecule has 1 aromatic rings. The molecule has 114 valence electrons. The predicted octanol–water partition coefficient (Wildman–Crippen LogP) is 2.52. The number of nitrogens with one attached hydrogen (secondary N) is 2. The van der Waals surface area contributed by atoms with Crippen molar-refractivity contribution in [2.75, 3.05) is 29.5 Å². The summed E-state index contributed by atoms with van der Waals surface area (Å²) in [5, 5.41) is 6.20. The fourth-order valence-electron chi connectivity index (χ4n) is 3.07. The van der Waals surface area contributed by atoms with Gasteiger partial charge in [-0.3, -0.25) is 4.79 Å². The van der Waals surface area contributed by atoms with Gasteiger partial charge in [-0.15, -0.1) is 0 Å². The fraction of sp³-hybridized carbons (Fsp3) is 0.562. The van der Waals surface area contributed by atoms with Gasteiger partial charge < -0.3 is 21.1 Å². The van der Waals surface area contributed by atoms with Gasteiger partial charge in [0.1, 0.15) is 0 Å². The lowest BCUT2D eigenvalue weighted by atomic mass is 10.0. The van der Waals surface area contributed by atoms with E-state index in [2.05, 4.69) is 10.6 Å².